The number of fused-ring (bicyclic) bond motifs is 1. The second-order valence-electron chi connectivity index (χ2n) is 5.08. The number of esters is 1. The van der Waals surface area contributed by atoms with Gasteiger partial charge in [0.2, 0.25) is 0 Å². The molecule has 0 saturated carbocycles. The average molecular weight is 373 g/mol. The first-order valence-corrected chi connectivity index (χ1v) is 7.74. The third-order valence-electron chi connectivity index (χ3n) is 3.31. The van der Waals surface area contributed by atoms with Crippen LogP contribution in [-0.2, 0) is 11.3 Å². The van der Waals surface area contributed by atoms with Gasteiger partial charge in [0.05, 0.1) is 11.3 Å². The number of aryl methyl sites for hydroxylation is 1. The van der Waals surface area contributed by atoms with E-state index in [-0.39, 0.29) is 12.2 Å². The van der Waals surface area contributed by atoms with E-state index in [1.165, 1.54) is 10.5 Å². The van der Waals surface area contributed by atoms with E-state index in [1.807, 2.05) is 19.1 Å². The summed E-state index contributed by atoms with van der Waals surface area (Å²) < 4.78 is 7.37. The number of nitrogens with zero attached hydrogens (tertiary/aromatic N) is 2. The van der Waals surface area contributed by atoms with Crippen LogP contribution in [0.2, 0.25) is 0 Å². The Labute approximate surface area is 140 Å². The van der Waals surface area contributed by atoms with E-state index >= 15 is 0 Å². The number of hydrogen-bond donors (Lipinski definition) is 0. The summed E-state index contributed by atoms with van der Waals surface area (Å²) >= 11 is 3.30. The number of hydrogen-bond acceptors (Lipinski definition) is 4. The van der Waals surface area contributed by atoms with E-state index in [2.05, 4.69) is 20.9 Å². The van der Waals surface area contributed by atoms with Crippen molar-refractivity contribution in [2.45, 2.75) is 13.5 Å². The van der Waals surface area contributed by atoms with Gasteiger partial charge in [-0.1, -0.05) is 18.2 Å². The van der Waals surface area contributed by atoms with E-state index < -0.39 is 5.97 Å². The lowest BCUT2D eigenvalue weighted by molar-refractivity contribution is 0.0466. The summed E-state index contributed by atoms with van der Waals surface area (Å²) in [5.41, 5.74) is 2.13. The van der Waals surface area contributed by atoms with Crippen molar-refractivity contribution in [3.8, 4) is 0 Å². The van der Waals surface area contributed by atoms with Gasteiger partial charge in [-0.2, -0.15) is 0 Å². The maximum atomic E-state index is 12.1. The summed E-state index contributed by atoms with van der Waals surface area (Å²) in [7, 11) is 0. The minimum atomic E-state index is -0.469. The van der Waals surface area contributed by atoms with E-state index in [0.29, 0.717) is 21.4 Å². The number of carbonyl (C=O) groups excluding carboxylic acids is 1. The van der Waals surface area contributed by atoms with Crippen molar-refractivity contribution >= 4 is 27.5 Å². The summed E-state index contributed by atoms with van der Waals surface area (Å²) in [5, 5.41) is 0. The number of carbonyl (C=O) groups is 1. The summed E-state index contributed by atoms with van der Waals surface area (Å²) in [6, 6.07) is 12.0. The van der Waals surface area contributed by atoms with Crippen molar-refractivity contribution in [2.75, 3.05) is 0 Å². The van der Waals surface area contributed by atoms with Gasteiger partial charge < -0.3 is 4.74 Å². The Hall–Kier alpha value is -2.47. The van der Waals surface area contributed by atoms with Crippen molar-refractivity contribution in [3.05, 3.63) is 80.3 Å². The van der Waals surface area contributed by atoms with Crippen LogP contribution >= 0.6 is 15.9 Å². The van der Waals surface area contributed by atoms with E-state index in [0.717, 1.165) is 5.56 Å². The van der Waals surface area contributed by atoms with Crippen LogP contribution in [0.4, 0.5) is 0 Å². The summed E-state index contributed by atoms with van der Waals surface area (Å²) in [5.74, 6) is -0.469. The van der Waals surface area contributed by atoms with Crippen LogP contribution in [0.5, 0.6) is 0 Å². The smallest absolute Gasteiger partial charge is 0.339 e. The summed E-state index contributed by atoms with van der Waals surface area (Å²) in [6.45, 7) is 1.85. The minimum Gasteiger partial charge on any atom is -0.456 e. The Morgan fingerprint density at radius 3 is 2.83 bits per heavy atom. The predicted molar refractivity (Wildman–Crippen MR) is 89.5 cm³/mol. The zero-order chi connectivity index (χ0) is 16.4. The molecule has 0 aliphatic rings. The molecule has 5 nitrogen and oxygen atoms in total. The second kappa shape index (κ2) is 6.34. The average Bonchev–Trinajstić information content (AvgIpc) is 2.54. The van der Waals surface area contributed by atoms with Gasteiger partial charge in [0, 0.05) is 16.7 Å². The number of rotatable bonds is 3. The van der Waals surface area contributed by atoms with Crippen molar-refractivity contribution in [1.82, 2.24) is 9.38 Å². The highest BCUT2D eigenvalue weighted by Gasteiger charge is 2.12. The van der Waals surface area contributed by atoms with Gasteiger partial charge >= 0.3 is 5.97 Å². The van der Waals surface area contributed by atoms with Gasteiger partial charge in [0.15, 0.2) is 0 Å². The molecule has 0 N–H and O–H groups in total. The molecule has 0 unspecified atom stereocenters. The van der Waals surface area contributed by atoms with Gasteiger partial charge in [-0.05, 0) is 46.6 Å². The van der Waals surface area contributed by atoms with Gasteiger partial charge in [0.1, 0.15) is 12.3 Å². The molecule has 0 amide bonds. The molecule has 2 heterocycles. The molecule has 0 aliphatic carbocycles. The fourth-order valence-corrected chi connectivity index (χ4v) is 2.62. The Bertz CT molecular complexity index is 950. The van der Waals surface area contributed by atoms with Crippen molar-refractivity contribution in [1.29, 1.82) is 0 Å². The Balaban J connectivity index is 1.82. The molecular formula is C17H13BrN2O3. The van der Waals surface area contributed by atoms with Gasteiger partial charge in [-0.3, -0.25) is 9.20 Å². The van der Waals surface area contributed by atoms with Crippen molar-refractivity contribution in [2.24, 2.45) is 0 Å². The zero-order valence-corrected chi connectivity index (χ0v) is 13.9. The topological polar surface area (TPSA) is 60.7 Å². The molecular weight excluding hydrogens is 360 g/mol. The van der Waals surface area contributed by atoms with Crippen molar-refractivity contribution < 1.29 is 9.53 Å². The van der Waals surface area contributed by atoms with Crippen LogP contribution in [0, 0.1) is 6.92 Å². The molecule has 3 aromatic rings. The Morgan fingerprint density at radius 2 is 2.04 bits per heavy atom. The third kappa shape index (κ3) is 3.32. The molecule has 0 fully saturated rings. The Morgan fingerprint density at radius 1 is 1.26 bits per heavy atom. The standard InChI is InChI=1S/C17H13BrN2O3/c1-11-6-7-15-19-12(8-16(21)20(15)9-11)10-23-17(22)13-4-2-3-5-14(13)18/h2-9H,10H2,1H3. The Kier molecular flexibility index (Phi) is 4.25. The molecule has 23 heavy (non-hydrogen) atoms. The quantitative estimate of drug-likeness (QED) is 0.662. The molecule has 0 radical (unpaired) electrons. The first-order chi connectivity index (χ1) is 11.0. The molecule has 3 rings (SSSR count). The van der Waals surface area contributed by atoms with E-state index in [1.54, 1.807) is 30.5 Å². The molecule has 0 saturated heterocycles. The molecule has 0 bridgehead atoms. The zero-order valence-electron chi connectivity index (χ0n) is 12.3. The van der Waals surface area contributed by atoms with E-state index in [9.17, 15) is 9.59 Å². The lowest BCUT2D eigenvalue weighted by Crippen LogP contribution is -2.17. The summed E-state index contributed by atoms with van der Waals surface area (Å²) in [6.07, 6.45) is 1.72. The first kappa shape index (κ1) is 15.4. The van der Waals surface area contributed by atoms with Gasteiger partial charge in [0.25, 0.3) is 5.56 Å². The predicted octanol–water partition coefficient (Wildman–Crippen LogP) is 3.12. The van der Waals surface area contributed by atoms with Crippen molar-refractivity contribution in [3.63, 3.8) is 0 Å². The van der Waals surface area contributed by atoms with Gasteiger partial charge in [-0.15, -0.1) is 0 Å². The van der Waals surface area contributed by atoms with E-state index in [4.69, 9.17) is 4.74 Å². The second-order valence-corrected chi connectivity index (χ2v) is 5.93. The monoisotopic (exact) mass is 372 g/mol. The maximum absolute atomic E-state index is 12.1. The fourth-order valence-electron chi connectivity index (χ4n) is 2.18. The fraction of sp³-hybridized carbons (Fsp3) is 0.118. The van der Waals surface area contributed by atoms with Gasteiger partial charge in [-0.25, -0.2) is 9.78 Å². The summed E-state index contributed by atoms with van der Waals surface area (Å²) in [4.78, 5) is 28.5. The molecule has 116 valence electrons. The highest BCUT2D eigenvalue weighted by atomic mass is 79.9. The van der Waals surface area contributed by atoms with Crippen LogP contribution < -0.4 is 5.56 Å². The lowest BCUT2D eigenvalue weighted by atomic mass is 10.2. The highest BCUT2D eigenvalue weighted by Crippen LogP contribution is 2.17. The molecule has 2 aromatic heterocycles. The van der Waals surface area contributed by atoms with Crippen LogP contribution in [0.25, 0.3) is 5.65 Å². The molecule has 0 aliphatic heterocycles. The number of ether oxygens (including phenoxy) is 1. The van der Waals surface area contributed by atoms with Crippen LogP contribution in [0.15, 0.2) is 57.9 Å². The normalized spacial score (nSPS) is 10.7. The minimum absolute atomic E-state index is 0.0558. The maximum Gasteiger partial charge on any atom is 0.339 e. The number of aromatic nitrogens is 2. The highest BCUT2D eigenvalue weighted by molar-refractivity contribution is 9.10. The van der Waals surface area contributed by atoms with Crippen LogP contribution in [-0.4, -0.2) is 15.4 Å². The lowest BCUT2D eigenvalue weighted by Gasteiger charge is -2.07. The third-order valence-corrected chi connectivity index (χ3v) is 4.00. The molecule has 0 spiro atoms. The SMILES string of the molecule is Cc1ccc2nc(COC(=O)c3ccccc3Br)cc(=O)n2c1. The largest absolute Gasteiger partial charge is 0.456 e. The number of halogens is 1. The van der Waals surface area contributed by atoms with Crippen LogP contribution in [0.1, 0.15) is 21.6 Å². The molecule has 0 atom stereocenters. The first-order valence-electron chi connectivity index (χ1n) is 6.95. The molecule has 1 aromatic carbocycles. The number of benzene rings is 1. The molecule has 6 heteroatoms. The van der Waals surface area contributed by atoms with Crippen LogP contribution in [0.3, 0.4) is 0 Å². The number of pyridine rings is 1.